The maximum Gasteiger partial charge on any atom is 0.343 e. The van der Waals surface area contributed by atoms with Crippen molar-refractivity contribution < 1.29 is 28.5 Å². The van der Waals surface area contributed by atoms with E-state index < -0.39 is 5.97 Å². The molecule has 8 nitrogen and oxygen atoms in total. The van der Waals surface area contributed by atoms with E-state index in [-0.39, 0.29) is 12.5 Å². The molecule has 0 atom stereocenters. The maximum atomic E-state index is 12.3. The first-order valence-electron chi connectivity index (χ1n) is 8.83. The average molecular weight is 428 g/mol. The summed E-state index contributed by atoms with van der Waals surface area (Å²) in [7, 11) is 4.38. The van der Waals surface area contributed by atoms with Crippen LogP contribution in [-0.2, 0) is 14.3 Å². The van der Waals surface area contributed by atoms with Gasteiger partial charge in [-0.3, -0.25) is 4.79 Å². The van der Waals surface area contributed by atoms with E-state index in [1.54, 1.807) is 55.7 Å². The predicted molar refractivity (Wildman–Crippen MR) is 114 cm³/mol. The van der Waals surface area contributed by atoms with E-state index in [4.69, 9.17) is 14.2 Å². The Kier molecular flexibility index (Phi) is 6.97. The highest BCUT2D eigenvalue weighted by Crippen LogP contribution is 2.32. The Hall–Kier alpha value is -3.46. The lowest BCUT2D eigenvalue weighted by molar-refractivity contribution is -0.142. The van der Waals surface area contributed by atoms with Gasteiger partial charge in [-0.05, 0) is 59.8 Å². The van der Waals surface area contributed by atoms with Crippen LogP contribution in [0.4, 0.5) is 5.69 Å². The molecule has 1 amide bonds. The Bertz CT molecular complexity index is 1000. The Morgan fingerprint density at radius 3 is 2.50 bits per heavy atom. The van der Waals surface area contributed by atoms with Crippen molar-refractivity contribution >= 4 is 40.6 Å². The molecule has 0 radical (unpaired) electrons. The molecule has 3 rings (SSSR count). The molecule has 2 aromatic rings. The smallest absolute Gasteiger partial charge is 0.343 e. The number of nitrogens with zero attached hydrogens (tertiary/aromatic N) is 1. The Morgan fingerprint density at radius 2 is 1.83 bits per heavy atom. The molecule has 0 saturated carbocycles. The molecule has 30 heavy (non-hydrogen) atoms. The van der Waals surface area contributed by atoms with Gasteiger partial charge in [0, 0.05) is 0 Å². The largest absolute Gasteiger partial charge is 0.497 e. The maximum absolute atomic E-state index is 12.3. The van der Waals surface area contributed by atoms with Crippen LogP contribution in [0.3, 0.4) is 0 Å². The number of nitrogens with one attached hydrogen (secondary N) is 1. The first-order chi connectivity index (χ1) is 14.5. The van der Waals surface area contributed by atoms with Crippen LogP contribution in [0.5, 0.6) is 17.2 Å². The Morgan fingerprint density at radius 1 is 1.07 bits per heavy atom. The van der Waals surface area contributed by atoms with Crippen molar-refractivity contribution in [1.82, 2.24) is 5.32 Å². The molecule has 1 fully saturated rings. The number of hydrogen-bond acceptors (Lipinski definition) is 8. The molecule has 0 spiro atoms. The van der Waals surface area contributed by atoms with E-state index in [2.05, 4.69) is 15.0 Å². The van der Waals surface area contributed by atoms with Crippen molar-refractivity contribution in [3.05, 3.63) is 52.9 Å². The number of aliphatic imine (C=N–C) groups is 1. The van der Waals surface area contributed by atoms with Gasteiger partial charge in [0.05, 0.1) is 31.9 Å². The molecule has 1 aliphatic heterocycles. The van der Waals surface area contributed by atoms with E-state index in [9.17, 15) is 9.59 Å². The van der Waals surface area contributed by atoms with Crippen LogP contribution in [-0.4, -0.2) is 45.0 Å². The van der Waals surface area contributed by atoms with Gasteiger partial charge in [0.25, 0.3) is 5.91 Å². The molecule has 1 saturated heterocycles. The molecule has 1 aliphatic rings. The van der Waals surface area contributed by atoms with Crippen LogP contribution in [0.15, 0.2) is 52.4 Å². The number of benzene rings is 2. The van der Waals surface area contributed by atoms with Crippen molar-refractivity contribution in [1.29, 1.82) is 0 Å². The summed E-state index contributed by atoms with van der Waals surface area (Å²) in [6.45, 7) is -0.225. The topological polar surface area (TPSA) is 95.5 Å². The van der Waals surface area contributed by atoms with Gasteiger partial charge >= 0.3 is 5.97 Å². The summed E-state index contributed by atoms with van der Waals surface area (Å²) < 4.78 is 20.4. The fraction of sp³-hybridized carbons (Fsp3) is 0.190. The van der Waals surface area contributed by atoms with Crippen LogP contribution in [0.1, 0.15) is 5.56 Å². The molecule has 0 bridgehead atoms. The number of hydrogen-bond donors (Lipinski definition) is 1. The van der Waals surface area contributed by atoms with Crippen LogP contribution < -0.4 is 19.5 Å². The summed E-state index contributed by atoms with van der Waals surface area (Å²) in [6.07, 6.45) is 1.73. The molecule has 2 aromatic carbocycles. The highest BCUT2D eigenvalue weighted by atomic mass is 32.2. The number of esters is 1. The fourth-order valence-corrected chi connectivity index (χ4v) is 3.34. The SMILES string of the molecule is COC(=O)COc1ccc(/C=C2/SC(=Nc3ccc(OC)cc3)NC2=O)cc1OC. The van der Waals surface area contributed by atoms with Crippen LogP contribution >= 0.6 is 11.8 Å². The number of amides is 1. The van der Waals surface area contributed by atoms with Gasteiger partial charge in [0.1, 0.15) is 5.75 Å². The third-order valence-electron chi connectivity index (χ3n) is 4.01. The number of methoxy groups -OCH3 is 3. The van der Waals surface area contributed by atoms with Crippen molar-refractivity contribution in [3.8, 4) is 17.2 Å². The molecule has 0 aliphatic carbocycles. The zero-order valence-corrected chi connectivity index (χ0v) is 17.4. The van der Waals surface area contributed by atoms with Crippen LogP contribution in [0, 0.1) is 0 Å². The molecule has 1 N–H and O–H groups in total. The highest BCUT2D eigenvalue weighted by Gasteiger charge is 2.24. The summed E-state index contributed by atoms with van der Waals surface area (Å²) in [5.74, 6) is 0.831. The lowest BCUT2D eigenvalue weighted by Crippen LogP contribution is -2.19. The van der Waals surface area contributed by atoms with E-state index in [0.29, 0.717) is 27.3 Å². The number of carbonyl (C=O) groups excluding carboxylic acids is 2. The Balaban J connectivity index is 1.75. The van der Waals surface area contributed by atoms with E-state index >= 15 is 0 Å². The summed E-state index contributed by atoms with van der Waals surface area (Å²) in [5, 5.41) is 3.24. The fourth-order valence-electron chi connectivity index (χ4n) is 2.49. The van der Waals surface area contributed by atoms with Crippen LogP contribution in [0.25, 0.3) is 6.08 Å². The second-order valence-electron chi connectivity index (χ2n) is 5.95. The number of amidine groups is 1. The molecule has 0 unspecified atom stereocenters. The number of ether oxygens (including phenoxy) is 4. The molecule has 9 heteroatoms. The number of thioether (sulfide) groups is 1. The summed E-state index contributed by atoms with van der Waals surface area (Å²) >= 11 is 1.24. The zero-order chi connectivity index (χ0) is 21.5. The lowest BCUT2D eigenvalue weighted by Gasteiger charge is -2.10. The van der Waals surface area contributed by atoms with Crippen molar-refractivity contribution in [2.24, 2.45) is 4.99 Å². The molecular formula is C21H20N2O6S. The van der Waals surface area contributed by atoms with E-state index in [0.717, 1.165) is 11.3 Å². The van der Waals surface area contributed by atoms with Crippen LogP contribution in [0.2, 0.25) is 0 Å². The average Bonchev–Trinajstić information content (AvgIpc) is 3.11. The Labute approximate surface area is 177 Å². The van der Waals surface area contributed by atoms with Gasteiger partial charge in [0.2, 0.25) is 0 Å². The monoisotopic (exact) mass is 428 g/mol. The second kappa shape index (κ2) is 9.84. The summed E-state index contributed by atoms with van der Waals surface area (Å²) in [6, 6.07) is 12.3. The summed E-state index contributed by atoms with van der Waals surface area (Å²) in [4.78, 5) is 28.5. The first kappa shape index (κ1) is 21.3. The predicted octanol–water partition coefficient (Wildman–Crippen LogP) is 3.15. The standard InChI is InChI=1S/C21H20N2O6S/c1-26-15-7-5-14(6-8-15)22-21-23-20(25)18(30-21)11-13-4-9-16(17(10-13)27-2)29-12-19(24)28-3/h4-11H,12H2,1-3H3,(H,22,23,25)/b18-11+. The van der Waals surface area contributed by atoms with Gasteiger partial charge < -0.3 is 24.3 Å². The van der Waals surface area contributed by atoms with Gasteiger partial charge in [-0.15, -0.1) is 0 Å². The summed E-state index contributed by atoms with van der Waals surface area (Å²) in [5.41, 5.74) is 1.44. The third kappa shape index (κ3) is 5.32. The van der Waals surface area contributed by atoms with Crippen molar-refractivity contribution in [3.63, 3.8) is 0 Å². The molecule has 0 aromatic heterocycles. The lowest BCUT2D eigenvalue weighted by atomic mass is 10.2. The number of carbonyl (C=O) groups is 2. The third-order valence-corrected chi connectivity index (χ3v) is 4.92. The zero-order valence-electron chi connectivity index (χ0n) is 16.6. The van der Waals surface area contributed by atoms with Gasteiger partial charge in [-0.1, -0.05) is 6.07 Å². The van der Waals surface area contributed by atoms with E-state index in [1.165, 1.54) is 26.0 Å². The second-order valence-corrected chi connectivity index (χ2v) is 6.99. The van der Waals surface area contributed by atoms with Crippen molar-refractivity contribution in [2.75, 3.05) is 27.9 Å². The molecule has 1 heterocycles. The van der Waals surface area contributed by atoms with Gasteiger partial charge in [0.15, 0.2) is 23.3 Å². The van der Waals surface area contributed by atoms with Crippen molar-refractivity contribution in [2.45, 2.75) is 0 Å². The minimum Gasteiger partial charge on any atom is -0.497 e. The minimum absolute atomic E-state index is 0.225. The quantitative estimate of drug-likeness (QED) is 0.535. The number of rotatable bonds is 7. The minimum atomic E-state index is -0.494. The van der Waals surface area contributed by atoms with Gasteiger partial charge in [-0.2, -0.15) is 0 Å². The highest BCUT2D eigenvalue weighted by molar-refractivity contribution is 8.18. The molecular weight excluding hydrogens is 408 g/mol. The normalized spacial score (nSPS) is 15.8. The van der Waals surface area contributed by atoms with E-state index in [1.807, 2.05) is 0 Å². The first-order valence-corrected chi connectivity index (χ1v) is 9.65. The van der Waals surface area contributed by atoms with Gasteiger partial charge in [-0.25, -0.2) is 9.79 Å². The molecule has 156 valence electrons.